The van der Waals surface area contributed by atoms with E-state index in [0.29, 0.717) is 21.6 Å². The number of nitrogens with one attached hydrogen (secondary N) is 1. The first kappa shape index (κ1) is 28.1. The van der Waals surface area contributed by atoms with Gasteiger partial charge in [0.25, 0.3) is 5.56 Å². The van der Waals surface area contributed by atoms with Crippen LogP contribution < -0.4 is 16.6 Å². The number of halogens is 3. The second-order valence-corrected chi connectivity index (χ2v) is 8.91. The zero-order chi connectivity index (χ0) is 29.1. The number of carbonyl (C=O) groups excluding carboxylic acids is 1. The zero-order valence-corrected chi connectivity index (χ0v) is 21.8. The highest BCUT2D eigenvalue weighted by Crippen LogP contribution is 2.23. The van der Waals surface area contributed by atoms with Crippen LogP contribution in [0.4, 0.5) is 23.7 Å². The van der Waals surface area contributed by atoms with E-state index in [1.54, 1.807) is 43.3 Å². The Kier molecular flexibility index (Phi) is 8.05. The van der Waals surface area contributed by atoms with Gasteiger partial charge in [-0.1, -0.05) is 12.6 Å². The van der Waals surface area contributed by atoms with E-state index in [9.17, 15) is 27.6 Å². The maximum Gasteiger partial charge on any atom is 0.411 e. The molecule has 0 saturated carbocycles. The maximum atomic E-state index is 14.6. The van der Waals surface area contributed by atoms with Gasteiger partial charge in [-0.3, -0.25) is 14.7 Å². The van der Waals surface area contributed by atoms with Crippen LogP contribution in [0, 0.1) is 11.6 Å². The van der Waals surface area contributed by atoms with Gasteiger partial charge in [-0.25, -0.2) is 32.0 Å². The number of hydrogen-bond acceptors (Lipinski definition) is 6. The molecule has 40 heavy (non-hydrogen) atoms. The summed E-state index contributed by atoms with van der Waals surface area (Å²) in [6.45, 7) is 2.97. The van der Waals surface area contributed by atoms with Crippen molar-refractivity contribution in [1.82, 2.24) is 23.8 Å². The average molecular weight is 555 g/mol. The minimum atomic E-state index is -1.07. The van der Waals surface area contributed by atoms with E-state index in [2.05, 4.69) is 21.7 Å². The number of carbonyl (C=O) groups is 1. The lowest BCUT2D eigenvalue weighted by molar-refractivity contribution is 0.187. The summed E-state index contributed by atoms with van der Waals surface area (Å²) in [5.41, 5.74) is -1.84. The lowest BCUT2D eigenvalue weighted by Gasteiger charge is -2.14. The highest BCUT2D eigenvalue weighted by atomic mass is 19.1. The lowest BCUT2D eigenvalue weighted by atomic mass is 10.2. The van der Waals surface area contributed by atoms with Crippen LogP contribution in [0.2, 0.25) is 0 Å². The normalized spacial score (nSPS) is 11.7. The molecule has 0 aliphatic carbocycles. The summed E-state index contributed by atoms with van der Waals surface area (Å²) < 4.78 is 50.5. The monoisotopic (exact) mass is 554 g/mol. The second kappa shape index (κ2) is 11.5. The van der Waals surface area contributed by atoms with Crippen LogP contribution in [-0.2, 0) is 17.8 Å². The van der Waals surface area contributed by atoms with Gasteiger partial charge in [-0.15, -0.1) is 5.10 Å². The zero-order valence-electron chi connectivity index (χ0n) is 21.8. The number of rotatable bonds is 8. The third-order valence-electron chi connectivity index (χ3n) is 6.02. The van der Waals surface area contributed by atoms with E-state index in [4.69, 9.17) is 0 Å². The molecule has 1 N–H and O–H groups in total. The fourth-order valence-electron chi connectivity index (χ4n) is 4.17. The molecule has 4 aromatic rings. The molecule has 13 heteroatoms. The molecule has 2 aromatic heterocycles. The van der Waals surface area contributed by atoms with Crippen LogP contribution in [-0.4, -0.2) is 51.1 Å². The molecular weight excluding hydrogens is 529 g/mol. The molecular formula is C27H25F3N6O4. The predicted octanol–water partition coefficient (Wildman–Crippen LogP) is 3.87. The van der Waals surface area contributed by atoms with E-state index >= 15 is 0 Å². The van der Waals surface area contributed by atoms with Crippen LogP contribution in [0.25, 0.3) is 22.4 Å². The average Bonchev–Trinajstić information content (AvgIpc) is 3.29. The number of anilines is 1. The SMILES string of the molecule is C=C/C(=C/F)n1c(=O)c2c(CN(C)C)n(-c3ccc(NC(=O)OC)cc3)nc2n(Cc2c(F)cccc2F)c1=O. The van der Waals surface area contributed by atoms with E-state index < -0.39 is 46.8 Å². The molecule has 1 amide bonds. The summed E-state index contributed by atoms with van der Waals surface area (Å²) in [5, 5.41) is 6.97. The molecule has 2 aromatic carbocycles. The number of nitrogens with zero attached hydrogens (tertiary/aromatic N) is 5. The van der Waals surface area contributed by atoms with Crippen LogP contribution in [0.1, 0.15) is 11.3 Å². The molecule has 208 valence electrons. The lowest BCUT2D eigenvalue weighted by Crippen LogP contribution is -2.40. The Labute approximate surface area is 225 Å². The van der Waals surface area contributed by atoms with Gasteiger partial charge in [0.15, 0.2) is 5.65 Å². The van der Waals surface area contributed by atoms with Crippen molar-refractivity contribution in [1.29, 1.82) is 0 Å². The summed E-state index contributed by atoms with van der Waals surface area (Å²) in [7, 11) is 4.71. The molecule has 0 atom stereocenters. The van der Waals surface area contributed by atoms with Crippen LogP contribution in [0.3, 0.4) is 0 Å². The Morgan fingerprint density at radius 3 is 2.33 bits per heavy atom. The fraction of sp³-hybridized carbons (Fsp3) is 0.185. The maximum absolute atomic E-state index is 14.6. The molecule has 0 bridgehead atoms. The number of hydrogen-bond donors (Lipinski definition) is 1. The van der Waals surface area contributed by atoms with Crippen LogP contribution in [0.5, 0.6) is 0 Å². The molecule has 0 aliphatic rings. The number of fused-ring (bicyclic) bond motifs is 1. The summed E-state index contributed by atoms with van der Waals surface area (Å²) in [6.07, 6.45) is 0.347. The highest BCUT2D eigenvalue weighted by molar-refractivity contribution is 5.84. The summed E-state index contributed by atoms with van der Waals surface area (Å²) in [5.74, 6) is -1.83. The van der Waals surface area contributed by atoms with Gasteiger partial charge in [0, 0.05) is 17.8 Å². The van der Waals surface area contributed by atoms with Crippen molar-refractivity contribution in [2.45, 2.75) is 13.1 Å². The van der Waals surface area contributed by atoms with Crippen molar-refractivity contribution >= 4 is 28.5 Å². The molecule has 0 saturated heterocycles. The van der Waals surface area contributed by atoms with Gasteiger partial charge in [-0.05, 0) is 56.6 Å². The van der Waals surface area contributed by atoms with Crippen molar-refractivity contribution < 1.29 is 22.7 Å². The van der Waals surface area contributed by atoms with E-state index in [-0.39, 0.29) is 23.9 Å². The summed E-state index contributed by atoms with van der Waals surface area (Å²) in [6, 6.07) is 9.59. The smallest absolute Gasteiger partial charge is 0.411 e. The fourth-order valence-corrected chi connectivity index (χ4v) is 4.17. The van der Waals surface area contributed by atoms with Gasteiger partial charge in [0.05, 0.1) is 30.7 Å². The van der Waals surface area contributed by atoms with E-state index in [0.717, 1.165) is 22.8 Å². The van der Waals surface area contributed by atoms with Crippen molar-refractivity contribution in [2.24, 2.45) is 0 Å². The molecule has 10 nitrogen and oxygen atoms in total. The molecule has 2 heterocycles. The van der Waals surface area contributed by atoms with Crippen molar-refractivity contribution in [3.05, 3.63) is 105 Å². The minimum absolute atomic E-state index is 0.0404. The second-order valence-electron chi connectivity index (χ2n) is 8.91. The Hall–Kier alpha value is -4.91. The first-order valence-corrected chi connectivity index (χ1v) is 11.8. The van der Waals surface area contributed by atoms with Crippen molar-refractivity contribution in [2.75, 3.05) is 26.5 Å². The quantitative estimate of drug-likeness (QED) is 0.332. The third-order valence-corrected chi connectivity index (χ3v) is 6.02. The standard InChI is InChI=1S/C27H25F3N6O4/c1-5-17(13-28)35-25(37)23-22(15-33(2)3)36(18-11-9-16(10-12-18)31-26(38)40-4)32-24(23)34(27(35)39)14-19-20(29)7-6-8-21(19)30/h5-13H,1,14-15H2,2-4H3,(H,31,38)/b17-13-. The van der Waals surface area contributed by atoms with E-state index in [1.165, 1.54) is 17.9 Å². The number of amides is 1. The van der Waals surface area contributed by atoms with Crippen LogP contribution in [0.15, 0.2) is 71.0 Å². The Morgan fingerprint density at radius 1 is 1.12 bits per heavy atom. The van der Waals surface area contributed by atoms with Crippen molar-refractivity contribution in [3.8, 4) is 5.69 Å². The van der Waals surface area contributed by atoms with Gasteiger partial charge in [-0.2, -0.15) is 0 Å². The van der Waals surface area contributed by atoms with Crippen molar-refractivity contribution in [3.63, 3.8) is 0 Å². The molecule has 0 radical (unpaired) electrons. The third kappa shape index (κ3) is 5.18. The minimum Gasteiger partial charge on any atom is -0.453 e. The summed E-state index contributed by atoms with van der Waals surface area (Å²) >= 11 is 0. The molecule has 4 rings (SSSR count). The molecule has 0 fully saturated rings. The number of allylic oxidation sites excluding steroid dienone is 2. The largest absolute Gasteiger partial charge is 0.453 e. The van der Waals surface area contributed by atoms with Crippen LogP contribution >= 0.6 is 0 Å². The predicted molar refractivity (Wildman–Crippen MR) is 144 cm³/mol. The Morgan fingerprint density at radius 2 is 1.77 bits per heavy atom. The first-order chi connectivity index (χ1) is 19.1. The number of methoxy groups -OCH3 is 1. The van der Waals surface area contributed by atoms with E-state index in [1.807, 2.05) is 0 Å². The van der Waals surface area contributed by atoms with Gasteiger partial charge in [0.2, 0.25) is 0 Å². The first-order valence-electron chi connectivity index (χ1n) is 11.8. The number of benzene rings is 2. The highest BCUT2D eigenvalue weighted by Gasteiger charge is 2.25. The Bertz CT molecular complexity index is 1730. The van der Waals surface area contributed by atoms with Gasteiger partial charge in [0.1, 0.15) is 23.4 Å². The molecule has 0 aliphatic heterocycles. The van der Waals surface area contributed by atoms with Gasteiger partial charge >= 0.3 is 11.8 Å². The number of aromatic nitrogens is 4. The molecule has 0 spiro atoms. The topological polar surface area (TPSA) is 103 Å². The van der Waals surface area contributed by atoms with Gasteiger partial charge < -0.3 is 9.64 Å². The molecule has 0 unspecified atom stereocenters. The summed E-state index contributed by atoms with van der Waals surface area (Å²) in [4.78, 5) is 40.6. The number of ether oxygens (including phenoxy) is 1. The Balaban J connectivity index is 2.07.